The van der Waals surface area contributed by atoms with Gasteiger partial charge >= 0.3 is 0 Å². The zero-order chi connectivity index (χ0) is 21.0. The molecule has 1 amide bonds. The van der Waals surface area contributed by atoms with Gasteiger partial charge in [0.2, 0.25) is 0 Å². The second-order valence-electron chi connectivity index (χ2n) is 8.24. The number of hydrogen-bond donors (Lipinski definition) is 0. The third-order valence-electron chi connectivity index (χ3n) is 5.55. The molecule has 0 aliphatic carbocycles. The number of ether oxygens (including phenoxy) is 1. The molecule has 30 heavy (non-hydrogen) atoms. The minimum Gasteiger partial charge on any atom is -0.487 e. The van der Waals surface area contributed by atoms with Crippen molar-refractivity contribution in [1.82, 2.24) is 14.8 Å². The number of nitrogens with zero attached hydrogens (tertiary/aromatic N) is 3. The molecule has 0 saturated carbocycles. The van der Waals surface area contributed by atoms with E-state index in [1.807, 2.05) is 40.6 Å². The molecule has 1 fully saturated rings. The summed E-state index contributed by atoms with van der Waals surface area (Å²) < 4.78 is 5.75. The Balaban J connectivity index is 1.35. The van der Waals surface area contributed by atoms with Gasteiger partial charge in [-0.2, -0.15) is 0 Å². The van der Waals surface area contributed by atoms with E-state index in [4.69, 9.17) is 4.74 Å². The SMILES string of the molecule is CC1(C)CN(C(=O)c2ccc(OCc3cscn3)cc2)CCN1Cc1ccccc1. The summed E-state index contributed by atoms with van der Waals surface area (Å²) in [5.41, 5.74) is 4.62. The average Bonchev–Trinajstić information content (AvgIpc) is 3.28. The van der Waals surface area contributed by atoms with Crippen molar-refractivity contribution in [2.75, 3.05) is 19.6 Å². The van der Waals surface area contributed by atoms with Gasteiger partial charge in [0.1, 0.15) is 12.4 Å². The molecular formula is C24H27N3O2S. The summed E-state index contributed by atoms with van der Waals surface area (Å²) in [4.78, 5) is 21.7. The number of rotatable bonds is 6. The van der Waals surface area contributed by atoms with E-state index in [2.05, 4.69) is 48.0 Å². The number of aromatic nitrogens is 1. The third kappa shape index (κ3) is 4.89. The molecule has 0 unspecified atom stereocenters. The van der Waals surface area contributed by atoms with Crippen LogP contribution in [-0.2, 0) is 13.2 Å². The maximum Gasteiger partial charge on any atom is 0.253 e. The summed E-state index contributed by atoms with van der Waals surface area (Å²) in [7, 11) is 0. The van der Waals surface area contributed by atoms with Crippen LogP contribution in [0.2, 0.25) is 0 Å². The van der Waals surface area contributed by atoms with Crippen LogP contribution >= 0.6 is 11.3 Å². The molecular weight excluding hydrogens is 394 g/mol. The first-order valence-corrected chi connectivity index (χ1v) is 11.1. The number of hydrogen-bond acceptors (Lipinski definition) is 5. The normalized spacial score (nSPS) is 16.4. The van der Waals surface area contributed by atoms with E-state index in [0.29, 0.717) is 18.7 Å². The van der Waals surface area contributed by atoms with Gasteiger partial charge in [0.25, 0.3) is 5.91 Å². The Morgan fingerprint density at radius 1 is 1.10 bits per heavy atom. The topological polar surface area (TPSA) is 45.7 Å². The summed E-state index contributed by atoms with van der Waals surface area (Å²) in [5.74, 6) is 0.820. The van der Waals surface area contributed by atoms with Crippen LogP contribution in [0.3, 0.4) is 0 Å². The van der Waals surface area contributed by atoms with Crippen molar-refractivity contribution in [3.05, 3.63) is 82.3 Å². The number of benzene rings is 2. The maximum absolute atomic E-state index is 13.1. The minimum absolute atomic E-state index is 0.0773. The highest BCUT2D eigenvalue weighted by molar-refractivity contribution is 7.07. The predicted octanol–water partition coefficient (Wildman–Crippen LogP) is 4.46. The standard InChI is InChI=1S/C24H27N3O2S/c1-24(2)17-26(12-13-27(24)14-19-6-4-3-5-7-19)23(28)20-8-10-22(11-9-20)29-15-21-16-30-18-25-21/h3-11,16,18H,12-15,17H2,1-2H3. The Kier molecular flexibility index (Phi) is 6.16. The molecule has 1 saturated heterocycles. The highest BCUT2D eigenvalue weighted by Crippen LogP contribution is 2.25. The quantitative estimate of drug-likeness (QED) is 0.590. The van der Waals surface area contributed by atoms with Crippen LogP contribution in [0.1, 0.15) is 35.5 Å². The van der Waals surface area contributed by atoms with E-state index < -0.39 is 0 Å². The van der Waals surface area contributed by atoms with Crippen LogP contribution in [0.15, 0.2) is 65.5 Å². The molecule has 0 radical (unpaired) electrons. The second-order valence-corrected chi connectivity index (χ2v) is 8.96. The fourth-order valence-corrected chi connectivity index (χ4v) is 4.35. The Morgan fingerprint density at radius 2 is 1.87 bits per heavy atom. The summed E-state index contributed by atoms with van der Waals surface area (Å²) in [6, 6.07) is 17.9. The first-order valence-electron chi connectivity index (χ1n) is 10.2. The second kappa shape index (κ2) is 8.98. The molecule has 5 nitrogen and oxygen atoms in total. The predicted molar refractivity (Wildman–Crippen MR) is 120 cm³/mol. The van der Waals surface area contributed by atoms with E-state index in [1.165, 1.54) is 5.56 Å². The van der Waals surface area contributed by atoms with E-state index in [9.17, 15) is 4.79 Å². The largest absolute Gasteiger partial charge is 0.487 e. The summed E-state index contributed by atoms with van der Waals surface area (Å²) in [6.45, 7) is 8.07. The molecule has 2 heterocycles. The number of thiazole rings is 1. The molecule has 4 rings (SSSR count). The van der Waals surface area contributed by atoms with Crippen molar-refractivity contribution >= 4 is 17.2 Å². The number of carbonyl (C=O) groups excluding carboxylic acids is 1. The zero-order valence-electron chi connectivity index (χ0n) is 17.5. The van der Waals surface area contributed by atoms with Gasteiger partial charge in [0, 0.05) is 42.7 Å². The summed E-state index contributed by atoms with van der Waals surface area (Å²) in [5, 5.41) is 1.97. The van der Waals surface area contributed by atoms with Crippen LogP contribution < -0.4 is 4.74 Å². The molecule has 1 aromatic heterocycles. The molecule has 0 atom stereocenters. The zero-order valence-corrected chi connectivity index (χ0v) is 18.3. The van der Waals surface area contributed by atoms with Gasteiger partial charge in [0.15, 0.2) is 0 Å². The van der Waals surface area contributed by atoms with Gasteiger partial charge in [0.05, 0.1) is 11.2 Å². The molecule has 156 valence electrons. The minimum atomic E-state index is -0.0830. The molecule has 2 aromatic carbocycles. The number of carbonyl (C=O) groups is 1. The van der Waals surface area contributed by atoms with Gasteiger partial charge < -0.3 is 9.64 Å². The van der Waals surface area contributed by atoms with E-state index in [0.717, 1.165) is 31.1 Å². The lowest BCUT2D eigenvalue weighted by Crippen LogP contribution is -2.59. The van der Waals surface area contributed by atoms with Gasteiger partial charge in [-0.15, -0.1) is 11.3 Å². The third-order valence-corrected chi connectivity index (χ3v) is 6.18. The maximum atomic E-state index is 13.1. The van der Waals surface area contributed by atoms with Crippen LogP contribution in [0.5, 0.6) is 5.75 Å². The van der Waals surface area contributed by atoms with Gasteiger partial charge in [-0.1, -0.05) is 30.3 Å². The molecule has 1 aliphatic rings. The van der Waals surface area contributed by atoms with Crippen molar-refractivity contribution in [3.8, 4) is 5.75 Å². The van der Waals surface area contributed by atoms with Gasteiger partial charge in [-0.05, 0) is 43.7 Å². The van der Waals surface area contributed by atoms with Crippen molar-refractivity contribution in [3.63, 3.8) is 0 Å². The summed E-state index contributed by atoms with van der Waals surface area (Å²) >= 11 is 1.55. The molecule has 0 N–H and O–H groups in total. The monoisotopic (exact) mass is 421 g/mol. The molecule has 0 spiro atoms. The van der Waals surface area contributed by atoms with Crippen molar-refractivity contribution in [2.24, 2.45) is 0 Å². The smallest absolute Gasteiger partial charge is 0.253 e. The number of piperazine rings is 1. The van der Waals surface area contributed by atoms with Crippen molar-refractivity contribution < 1.29 is 9.53 Å². The molecule has 1 aliphatic heterocycles. The fraction of sp³-hybridized carbons (Fsp3) is 0.333. The lowest BCUT2D eigenvalue weighted by atomic mass is 9.97. The summed E-state index contributed by atoms with van der Waals surface area (Å²) in [6.07, 6.45) is 0. The van der Waals surface area contributed by atoms with Crippen molar-refractivity contribution in [1.29, 1.82) is 0 Å². The Morgan fingerprint density at radius 3 is 2.53 bits per heavy atom. The highest BCUT2D eigenvalue weighted by Gasteiger charge is 2.35. The van der Waals surface area contributed by atoms with E-state index in [-0.39, 0.29) is 11.4 Å². The van der Waals surface area contributed by atoms with Crippen LogP contribution in [0.25, 0.3) is 0 Å². The van der Waals surface area contributed by atoms with Crippen LogP contribution in [0.4, 0.5) is 0 Å². The first-order chi connectivity index (χ1) is 14.5. The van der Waals surface area contributed by atoms with Gasteiger partial charge in [-0.25, -0.2) is 4.98 Å². The highest BCUT2D eigenvalue weighted by atomic mass is 32.1. The Bertz CT molecular complexity index is 956. The lowest BCUT2D eigenvalue weighted by Gasteiger charge is -2.47. The number of amides is 1. The van der Waals surface area contributed by atoms with Crippen LogP contribution in [-0.4, -0.2) is 45.9 Å². The molecule has 3 aromatic rings. The average molecular weight is 422 g/mol. The van der Waals surface area contributed by atoms with Crippen molar-refractivity contribution in [2.45, 2.75) is 32.5 Å². The van der Waals surface area contributed by atoms with Crippen LogP contribution in [0, 0.1) is 0 Å². The fourth-order valence-electron chi connectivity index (χ4n) is 3.80. The molecule has 6 heteroatoms. The first kappa shape index (κ1) is 20.6. The van der Waals surface area contributed by atoms with Gasteiger partial charge in [-0.3, -0.25) is 9.69 Å². The van der Waals surface area contributed by atoms with E-state index >= 15 is 0 Å². The lowest BCUT2D eigenvalue weighted by molar-refractivity contribution is 0.0138. The Hall–Kier alpha value is -2.70. The van der Waals surface area contributed by atoms with E-state index in [1.54, 1.807) is 16.8 Å². The Labute approximate surface area is 181 Å². The molecule has 0 bridgehead atoms.